The summed E-state index contributed by atoms with van der Waals surface area (Å²) < 4.78 is 8.58. The van der Waals surface area contributed by atoms with Crippen molar-refractivity contribution in [3.63, 3.8) is 0 Å². The molecule has 1 heterocycles. The van der Waals surface area contributed by atoms with Crippen LogP contribution in [-0.2, 0) is 4.65 Å². The van der Waals surface area contributed by atoms with Gasteiger partial charge in [-0.25, -0.2) is 0 Å². The number of anilines is 3. The Hall–Kier alpha value is -3.90. The smallest absolute Gasteiger partial charge is 0.330 e. The van der Waals surface area contributed by atoms with Crippen LogP contribution < -0.4 is 10.4 Å². The Morgan fingerprint density at radius 1 is 0.610 bits per heavy atom. The fourth-order valence-corrected chi connectivity index (χ4v) is 5.88. The third-order valence-corrected chi connectivity index (χ3v) is 9.12. The first kappa shape index (κ1) is 27.3. The van der Waals surface area contributed by atoms with E-state index in [1.165, 1.54) is 31.3 Å². The summed E-state index contributed by atoms with van der Waals surface area (Å²) in [5.74, 6) is 0. The first-order valence-corrected chi connectivity index (χ1v) is 14.7. The van der Waals surface area contributed by atoms with Crippen molar-refractivity contribution >= 4 is 61.5 Å². The van der Waals surface area contributed by atoms with Gasteiger partial charge in [0.1, 0.15) is 0 Å². The second kappa shape index (κ2) is 10.8. The number of hydrogen-bond donors (Lipinski definition) is 1. The lowest BCUT2D eigenvalue weighted by atomic mass is 9.82. The molecule has 41 heavy (non-hydrogen) atoms. The normalized spacial score (nSPS) is 12.1. The van der Waals surface area contributed by atoms with E-state index in [1.54, 1.807) is 21.3 Å². The zero-order valence-electron chi connectivity index (χ0n) is 23.8. The van der Waals surface area contributed by atoms with Crippen LogP contribution in [0.4, 0.5) is 17.1 Å². The van der Waals surface area contributed by atoms with Crippen molar-refractivity contribution in [1.29, 1.82) is 0 Å². The Balaban J connectivity index is 1.38. The lowest BCUT2D eigenvalue weighted by Crippen LogP contribution is -2.49. The highest BCUT2D eigenvalue weighted by Crippen LogP contribution is 2.40. The number of thiophene rings is 1. The maximum atomic E-state index is 10.5. The number of aliphatic hydroxyl groups is 1. The van der Waals surface area contributed by atoms with Gasteiger partial charge in [-0.1, -0.05) is 78.3 Å². The van der Waals surface area contributed by atoms with E-state index in [2.05, 4.69) is 120 Å². The molecule has 203 valence electrons. The highest BCUT2D eigenvalue weighted by atomic mass is 32.1. The van der Waals surface area contributed by atoms with Crippen molar-refractivity contribution in [2.75, 3.05) is 4.90 Å². The maximum absolute atomic E-state index is 10.5. The molecule has 0 saturated carbocycles. The third kappa shape index (κ3) is 5.53. The summed E-state index contributed by atoms with van der Waals surface area (Å²) in [5, 5.41) is 13.0. The molecule has 0 aliphatic rings. The monoisotopic (exact) mass is 554 g/mol. The summed E-state index contributed by atoms with van der Waals surface area (Å²) in [5.41, 5.74) is 4.85. The fraction of sp³-hybridized carbons (Fsp3) is 0.167. The first-order valence-electron chi connectivity index (χ1n) is 13.9. The number of hydrogen-bond acceptors (Lipinski definition) is 4. The summed E-state index contributed by atoms with van der Waals surface area (Å²) in [7, 11) is 1.73. The van der Waals surface area contributed by atoms with Crippen LogP contribution in [0.15, 0.2) is 121 Å². The van der Waals surface area contributed by atoms with Crippen LogP contribution in [0.1, 0.15) is 27.7 Å². The van der Waals surface area contributed by atoms with Gasteiger partial charge in [-0.3, -0.25) is 0 Å². The summed E-state index contributed by atoms with van der Waals surface area (Å²) in [6.07, 6.45) is 0. The second-order valence-electron chi connectivity index (χ2n) is 11.4. The van der Waals surface area contributed by atoms with Gasteiger partial charge in [-0.15, -0.1) is 11.3 Å². The Kier molecular flexibility index (Phi) is 7.21. The lowest BCUT2D eigenvalue weighted by molar-refractivity contribution is -0.0893. The SMILES string of the molecule is CC(C)(O)C(C)(C)O[B]c1ccc(N(c2ccc(-c3ccccc3)cc2)c2ccc3sc4ccccc4c3c2)cc1. The predicted octanol–water partition coefficient (Wildman–Crippen LogP) is 9.00. The molecule has 6 aromatic rings. The molecule has 0 saturated heterocycles. The molecule has 0 aliphatic heterocycles. The van der Waals surface area contributed by atoms with E-state index in [-0.39, 0.29) is 0 Å². The van der Waals surface area contributed by atoms with Crippen LogP contribution in [0, 0.1) is 0 Å². The molecular formula is C36H33BNO2S. The number of nitrogens with zero attached hydrogens (tertiary/aromatic N) is 1. The highest BCUT2D eigenvalue weighted by molar-refractivity contribution is 7.25. The molecule has 6 rings (SSSR count). The molecule has 0 unspecified atom stereocenters. The molecule has 1 N–H and O–H groups in total. The molecule has 0 aliphatic carbocycles. The van der Waals surface area contributed by atoms with Crippen LogP contribution >= 0.6 is 11.3 Å². The largest absolute Gasteiger partial charge is 0.427 e. The molecule has 5 heteroatoms. The molecule has 3 nitrogen and oxygen atoms in total. The Morgan fingerprint density at radius 2 is 1.17 bits per heavy atom. The summed E-state index contributed by atoms with van der Waals surface area (Å²) in [4.78, 5) is 2.30. The minimum absolute atomic E-state index is 0.725. The first-order chi connectivity index (χ1) is 19.7. The van der Waals surface area contributed by atoms with Crippen LogP contribution in [0.5, 0.6) is 0 Å². The number of fused-ring (bicyclic) bond motifs is 3. The van der Waals surface area contributed by atoms with E-state index in [0.717, 1.165) is 22.5 Å². The molecule has 0 spiro atoms. The highest BCUT2D eigenvalue weighted by Gasteiger charge is 2.35. The maximum Gasteiger partial charge on any atom is 0.330 e. The van der Waals surface area contributed by atoms with Crippen molar-refractivity contribution in [3.8, 4) is 11.1 Å². The zero-order valence-corrected chi connectivity index (χ0v) is 24.7. The summed E-state index contributed by atoms with van der Waals surface area (Å²) >= 11 is 1.83. The molecule has 0 fully saturated rings. The van der Waals surface area contributed by atoms with Gasteiger partial charge in [0.05, 0.1) is 11.2 Å². The topological polar surface area (TPSA) is 32.7 Å². The predicted molar refractivity (Wildman–Crippen MR) is 176 cm³/mol. The molecular weight excluding hydrogens is 521 g/mol. The van der Waals surface area contributed by atoms with Crippen LogP contribution in [-0.4, -0.2) is 23.8 Å². The van der Waals surface area contributed by atoms with Crippen molar-refractivity contribution < 1.29 is 9.76 Å². The summed E-state index contributed by atoms with van der Waals surface area (Å²) in [6, 6.07) is 42.9. The van der Waals surface area contributed by atoms with Crippen LogP contribution in [0.3, 0.4) is 0 Å². The Bertz CT molecular complexity index is 1790. The van der Waals surface area contributed by atoms with Gasteiger partial charge >= 0.3 is 7.48 Å². The van der Waals surface area contributed by atoms with Crippen molar-refractivity contribution in [2.45, 2.75) is 38.9 Å². The van der Waals surface area contributed by atoms with Gasteiger partial charge in [0.25, 0.3) is 0 Å². The van der Waals surface area contributed by atoms with E-state index in [0.29, 0.717) is 0 Å². The van der Waals surface area contributed by atoms with Gasteiger partial charge < -0.3 is 14.7 Å². The average Bonchev–Trinajstić information content (AvgIpc) is 3.35. The minimum atomic E-state index is -0.976. The minimum Gasteiger partial charge on any atom is -0.427 e. The lowest BCUT2D eigenvalue weighted by Gasteiger charge is -2.37. The van der Waals surface area contributed by atoms with Gasteiger partial charge in [-0.05, 0) is 87.4 Å². The van der Waals surface area contributed by atoms with Crippen LogP contribution in [0.2, 0.25) is 0 Å². The average molecular weight is 555 g/mol. The molecule has 1 aromatic heterocycles. The fourth-order valence-electron chi connectivity index (χ4n) is 4.80. The molecule has 0 bridgehead atoms. The second-order valence-corrected chi connectivity index (χ2v) is 12.5. The van der Waals surface area contributed by atoms with Crippen molar-refractivity contribution in [3.05, 3.63) is 121 Å². The molecule has 0 amide bonds. The Labute approximate surface area is 246 Å². The molecule has 1 radical (unpaired) electrons. The van der Waals surface area contributed by atoms with E-state index in [4.69, 9.17) is 4.65 Å². The van der Waals surface area contributed by atoms with E-state index in [1.807, 2.05) is 31.3 Å². The Morgan fingerprint density at radius 3 is 1.85 bits per heavy atom. The van der Waals surface area contributed by atoms with Gasteiger partial charge in [0.15, 0.2) is 0 Å². The van der Waals surface area contributed by atoms with E-state index < -0.39 is 11.2 Å². The van der Waals surface area contributed by atoms with Crippen molar-refractivity contribution in [2.24, 2.45) is 0 Å². The van der Waals surface area contributed by atoms with Gasteiger partial charge in [0.2, 0.25) is 0 Å². The van der Waals surface area contributed by atoms with E-state index in [9.17, 15) is 5.11 Å². The zero-order chi connectivity index (χ0) is 28.6. The number of rotatable bonds is 8. The molecule has 5 aromatic carbocycles. The van der Waals surface area contributed by atoms with Crippen LogP contribution in [0.25, 0.3) is 31.3 Å². The quantitative estimate of drug-likeness (QED) is 0.191. The van der Waals surface area contributed by atoms with Gasteiger partial charge in [-0.2, -0.15) is 0 Å². The van der Waals surface area contributed by atoms with Crippen molar-refractivity contribution in [1.82, 2.24) is 0 Å². The standard InChI is InChI=1S/C36H33BNO2S/c1-35(2,39)36(3,4)40-37-27-16-20-29(21-17-27)38(28-18-14-26(15-19-28)25-10-6-5-7-11-25)30-22-23-34-32(24-30)31-12-8-9-13-33(31)41-34/h5-24,39H,1-4H3. The van der Waals surface area contributed by atoms with Gasteiger partial charge in [0, 0.05) is 37.2 Å². The molecule has 0 atom stereocenters. The summed E-state index contributed by atoms with van der Waals surface area (Å²) in [6.45, 7) is 7.31. The third-order valence-electron chi connectivity index (χ3n) is 7.97. The van der Waals surface area contributed by atoms with E-state index >= 15 is 0 Å². The number of benzene rings is 5.